The van der Waals surface area contributed by atoms with Gasteiger partial charge in [-0.25, -0.2) is 4.98 Å². The van der Waals surface area contributed by atoms with E-state index in [-0.39, 0.29) is 5.60 Å². The lowest BCUT2D eigenvalue weighted by atomic mass is 10.1. The quantitative estimate of drug-likeness (QED) is 0.909. The van der Waals surface area contributed by atoms with Crippen LogP contribution in [0.4, 0.5) is 0 Å². The summed E-state index contributed by atoms with van der Waals surface area (Å²) in [5.41, 5.74) is 1.22. The zero-order valence-electron chi connectivity index (χ0n) is 12.0. The Balaban J connectivity index is 1.86. The molecule has 0 aromatic carbocycles. The van der Waals surface area contributed by atoms with Crippen molar-refractivity contribution in [3.05, 3.63) is 15.6 Å². The number of nitrogens with one attached hydrogen (secondary N) is 1. The molecule has 4 heteroatoms. The van der Waals surface area contributed by atoms with E-state index < -0.39 is 0 Å². The van der Waals surface area contributed by atoms with Crippen molar-refractivity contribution < 1.29 is 4.74 Å². The molecular weight excluding hydrogens is 244 g/mol. The topological polar surface area (TPSA) is 34.2 Å². The van der Waals surface area contributed by atoms with Gasteiger partial charge in [0.25, 0.3) is 0 Å². The van der Waals surface area contributed by atoms with E-state index in [1.807, 2.05) is 0 Å². The second-order valence-corrected chi connectivity index (χ2v) is 7.09. The molecule has 2 rings (SSSR count). The summed E-state index contributed by atoms with van der Waals surface area (Å²) < 4.78 is 6.00. The van der Waals surface area contributed by atoms with E-state index in [0.29, 0.717) is 12.1 Å². The van der Waals surface area contributed by atoms with Crippen molar-refractivity contribution in [2.75, 3.05) is 6.54 Å². The Morgan fingerprint density at radius 2 is 2.22 bits per heavy atom. The normalized spacial score (nSPS) is 24.4. The van der Waals surface area contributed by atoms with E-state index in [1.54, 1.807) is 11.3 Å². The highest BCUT2D eigenvalue weighted by Gasteiger charge is 2.31. The molecule has 102 valence electrons. The summed E-state index contributed by atoms with van der Waals surface area (Å²) in [7, 11) is 0. The van der Waals surface area contributed by atoms with Crippen LogP contribution in [0.5, 0.6) is 0 Å². The molecule has 0 spiro atoms. The van der Waals surface area contributed by atoms with Crippen LogP contribution in [-0.2, 0) is 4.74 Å². The first kappa shape index (κ1) is 14.0. The van der Waals surface area contributed by atoms with E-state index in [9.17, 15) is 0 Å². The summed E-state index contributed by atoms with van der Waals surface area (Å²) in [6, 6.07) is 0.364. The number of aryl methyl sites for hydroxylation is 2. The van der Waals surface area contributed by atoms with Crippen LogP contribution in [0.25, 0.3) is 0 Å². The Morgan fingerprint density at radius 3 is 2.72 bits per heavy atom. The average molecular weight is 268 g/mol. The summed E-state index contributed by atoms with van der Waals surface area (Å²) in [4.78, 5) is 5.83. The van der Waals surface area contributed by atoms with Gasteiger partial charge in [0.15, 0.2) is 0 Å². The standard InChI is InChI=1S/C14H24N2OS/c1-9(13-10(2)16-11(3)18-13)15-8-12-6-7-14(4,5)17-12/h9,12,15H,6-8H2,1-5H3. The van der Waals surface area contributed by atoms with Crippen LogP contribution in [0.2, 0.25) is 0 Å². The zero-order chi connectivity index (χ0) is 13.3. The molecule has 0 aliphatic carbocycles. The number of rotatable bonds is 4. The minimum atomic E-state index is 0.0621. The molecule has 1 saturated heterocycles. The second-order valence-electron chi connectivity index (χ2n) is 5.85. The maximum absolute atomic E-state index is 6.00. The number of hydrogen-bond acceptors (Lipinski definition) is 4. The summed E-state index contributed by atoms with van der Waals surface area (Å²) >= 11 is 1.79. The van der Waals surface area contributed by atoms with E-state index in [4.69, 9.17) is 4.74 Å². The van der Waals surface area contributed by atoms with Crippen LogP contribution in [0.1, 0.15) is 55.2 Å². The average Bonchev–Trinajstić information content (AvgIpc) is 2.78. The van der Waals surface area contributed by atoms with Gasteiger partial charge in [-0.3, -0.25) is 0 Å². The lowest BCUT2D eigenvalue weighted by Gasteiger charge is -2.21. The van der Waals surface area contributed by atoms with Crippen molar-refractivity contribution in [1.82, 2.24) is 10.3 Å². The second kappa shape index (κ2) is 5.27. The fraction of sp³-hybridized carbons (Fsp3) is 0.786. The summed E-state index contributed by atoms with van der Waals surface area (Å²) in [5, 5.41) is 4.73. The molecule has 1 N–H and O–H groups in total. The van der Waals surface area contributed by atoms with Crippen LogP contribution in [0.3, 0.4) is 0 Å². The van der Waals surface area contributed by atoms with Crippen molar-refractivity contribution in [2.45, 2.75) is 65.2 Å². The molecule has 1 aliphatic heterocycles. The van der Waals surface area contributed by atoms with E-state index >= 15 is 0 Å². The molecule has 2 unspecified atom stereocenters. The molecule has 0 amide bonds. The lowest BCUT2D eigenvalue weighted by Crippen LogP contribution is -2.31. The van der Waals surface area contributed by atoms with Crippen LogP contribution in [0, 0.1) is 13.8 Å². The van der Waals surface area contributed by atoms with Crippen LogP contribution >= 0.6 is 11.3 Å². The minimum absolute atomic E-state index is 0.0621. The van der Waals surface area contributed by atoms with E-state index in [0.717, 1.165) is 30.1 Å². The number of nitrogens with zero attached hydrogens (tertiary/aromatic N) is 1. The summed E-state index contributed by atoms with van der Waals surface area (Å²) in [6.45, 7) is 11.6. The van der Waals surface area contributed by atoms with Crippen molar-refractivity contribution in [3.8, 4) is 0 Å². The number of thiazole rings is 1. The SMILES string of the molecule is Cc1nc(C)c(C(C)NCC2CCC(C)(C)O2)s1. The molecule has 3 nitrogen and oxygen atoms in total. The minimum Gasteiger partial charge on any atom is -0.371 e. The largest absolute Gasteiger partial charge is 0.371 e. The molecule has 1 aromatic rings. The van der Waals surface area contributed by atoms with E-state index in [1.165, 1.54) is 4.88 Å². The van der Waals surface area contributed by atoms with E-state index in [2.05, 4.69) is 44.9 Å². The lowest BCUT2D eigenvalue weighted by molar-refractivity contribution is -0.0149. The first-order valence-corrected chi connectivity index (χ1v) is 7.54. The van der Waals surface area contributed by atoms with Gasteiger partial charge in [-0.1, -0.05) is 0 Å². The smallest absolute Gasteiger partial charge is 0.0900 e. The number of aromatic nitrogens is 1. The molecule has 18 heavy (non-hydrogen) atoms. The van der Waals surface area contributed by atoms with Gasteiger partial charge in [-0.15, -0.1) is 11.3 Å². The summed E-state index contributed by atoms with van der Waals surface area (Å²) in [5.74, 6) is 0. The van der Waals surface area contributed by atoms with Crippen LogP contribution < -0.4 is 5.32 Å². The first-order valence-electron chi connectivity index (χ1n) is 6.72. The molecule has 0 saturated carbocycles. The van der Waals surface area contributed by atoms with Gasteiger partial charge < -0.3 is 10.1 Å². The monoisotopic (exact) mass is 268 g/mol. The van der Waals surface area contributed by atoms with Crippen molar-refractivity contribution in [2.24, 2.45) is 0 Å². The van der Waals surface area contributed by atoms with Crippen LogP contribution in [-0.4, -0.2) is 23.2 Å². The maximum Gasteiger partial charge on any atom is 0.0900 e. The third-order valence-corrected chi connectivity index (χ3v) is 4.79. The molecule has 0 radical (unpaired) electrons. The van der Waals surface area contributed by atoms with Gasteiger partial charge in [0.05, 0.1) is 22.4 Å². The summed E-state index contributed by atoms with van der Waals surface area (Å²) in [6.07, 6.45) is 2.68. The van der Waals surface area contributed by atoms with Crippen molar-refractivity contribution in [3.63, 3.8) is 0 Å². The highest BCUT2D eigenvalue weighted by atomic mass is 32.1. The highest BCUT2D eigenvalue weighted by molar-refractivity contribution is 7.11. The third kappa shape index (κ3) is 3.31. The fourth-order valence-corrected chi connectivity index (χ4v) is 3.53. The van der Waals surface area contributed by atoms with Gasteiger partial charge in [-0.05, 0) is 47.5 Å². The Labute approximate surface area is 114 Å². The molecule has 1 fully saturated rings. The zero-order valence-corrected chi connectivity index (χ0v) is 12.9. The molecule has 1 aliphatic rings. The number of ether oxygens (including phenoxy) is 1. The molecule has 2 heterocycles. The highest BCUT2D eigenvalue weighted by Crippen LogP contribution is 2.30. The van der Waals surface area contributed by atoms with Gasteiger partial charge in [-0.2, -0.15) is 0 Å². The van der Waals surface area contributed by atoms with Gasteiger partial charge in [0.1, 0.15) is 0 Å². The van der Waals surface area contributed by atoms with Gasteiger partial charge >= 0.3 is 0 Å². The Bertz CT molecular complexity index is 414. The Hall–Kier alpha value is -0.450. The maximum atomic E-state index is 6.00. The Morgan fingerprint density at radius 1 is 1.50 bits per heavy atom. The number of hydrogen-bond donors (Lipinski definition) is 1. The predicted molar refractivity (Wildman–Crippen MR) is 76.2 cm³/mol. The molecule has 2 atom stereocenters. The fourth-order valence-electron chi connectivity index (χ4n) is 2.57. The van der Waals surface area contributed by atoms with Crippen molar-refractivity contribution in [1.29, 1.82) is 0 Å². The molecular formula is C14H24N2OS. The Kier molecular flexibility index (Phi) is 4.09. The molecule has 0 bridgehead atoms. The third-order valence-electron chi connectivity index (χ3n) is 3.54. The predicted octanol–water partition coefficient (Wildman–Crippen LogP) is 3.37. The van der Waals surface area contributed by atoms with Crippen molar-refractivity contribution >= 4 is 11.3 Å². The van der Waals surface area contributed by atoms with Gasteiger partial charge in [0, 0.05) is 17.5 Å². The first-order chi connectivity index (χ1) is 8.37. The molecule has 1 aromatic heterocycles. The van der Waals surface area contributed by atoms with Crippen LogP contribution in [0.15, 0.2) is 0 Å². The van der Waals surface area contributed by atoms with Gasteiger partial charge in [0.2, 0.25) is 0 Å².